The van der Waals surface area contributed by atoms with Crippen LogP contribution in [0.1, 0.15) is 12.8 Å². The average Bonchev–Trinajstić information content (AvgIpc) is 2.86. The van der Waals surface area contributed by atoms with Gasteiger partial charge in [0.25, 0.3) is 0 Å². The zero-order valence-corrected chi connectivity index (χ0v) is 14.0. The van der Waals surface area contributed by atoms with Gasteiger partial charge in [-0.05, 0) is 25.1 Å². The molecule has 2 atom stereocenters. The highest BCUT2D eigenvalue weighted by molar-refractivity contribution is 7.71. The van der Waals surface area contributed by atoms with E-state index in [0.717, 1.165) is 37.3 Å². The lowest BCUT2D eigenvalue weighted by Crippen LogP contribution is -3.13. The smallest absolute Gasteiger partial charge is 0.203 e. The third-order valence-corrected chi connectivity index (χ3v) is 4.66. The van der Waals surface area contributed by atoms with Crippen LogP contribution in [0.5, 0.6) is 0 Å². The third kappa shape index (κ3) is 3.60. The molecule has 5 nitrogen and oxygen atoms in total. The molecule has 0 aliphatic carbocycles. The molecule has 0 radical (unpaired) electrons. The first-order valence-electron chi connectivity index (χ1n) is 8.04. The van der Waals surface area contributed by atoms with Crippen molar-refractivity contribution in [3.63, 3.8) is 0 Å². The van der Waals surface area contributed by atoms with E-state index >= 15 is 0 Å². The summed E-state index contributed by atoms with van der Waals surface area (Å²) in [4.78, 5) is 1.32. The molecule has 1 unspecified atom stereocenters. The van der Waals surface area contributed by atoms with Crippen molar-refractivity contribution < 1.29 is 10.0 Å². The van der Waals surface area contributed by atoms with Crippen LogP contribution in [-0.4, -0.2) is 38.6 Å². The SMILES string of the molecule is C=CCn1c(-c2ccccc2)nn(C[NH+]2CCC[C@H](O)C2)c1=S. The first-order chi connectivity index (χ1) is 11.2. The summed E-state index contributed by atoms with van der Waals surface area (Å²) < 4.78 is 4.60. The van der Waals surface area contributed by atoms with Gasteiger partial charge in [-0.2, -0.15) is 4.68 Å². The fraction of sp³-hybridized carbons (Fsp3) is 0.412. The number of benzene rings is 1. The minimum atomic E-state index is -0.211. The monoisotopic (exact) mass is 331 g/mol. The lowest BCUT2D eigenvalue weighted by atomic mass is 10.1. The molecule has 6 heteroatoms. The van der Waals surface area contributed by atoms with Crippen LogP contribution in [0.2, 0.25) is 0 Å². The highest BCUT2D eigenvalue weighted by atomic mass is 32.1. The second kappa shape index (κ2) is 7.21. The molecule has 0 spiro atoms. The van der Waals surface area contributed by atoms with Gasteiger partial charge in [0.2, 0.25) is 4.77 Å². The Morgan fingerprint density at radius 1 is 1.39 bits per heavy atom. The normalized spacial score (nSPS) is 21.3. The van der Waals surface area contributed by atoms with Crippen LogP contribution in [0.3, 0.4) is 0 Å². The molecule has 23 heavy (non-hydrogen) atoms. The molecule has 1 aliphatic rings. The largest absolute Gasteiger partial charge is 0.387 e. The number of aliphatic hydroxyl groups excluding tert-OH is 1. The summed E-state index contributed by atoms with van der Waals surface area (Å²) in [5, 5.41) is 14.6. The summed E-state index contributed by atoms with van der Waals surface area (Å²) in [7, 11) is 0. The Bertz CT molecular complexity index is 722. The van der Waals surface area contributed by atoms with Crippen molar-refractivity contribution >= 4 is 12.2 Å². The number of quaternary nitrogens is 1. The number of hydrogen-bond acceptors (Lipinski definition) is 3. The molecule has 1 aromatic carbocycles. The highest BCUT2D eigenvalue weighted by Crippen LogP contribution is 2.17. The van der Waals surface area contributed by atoms with Gasteiger partial charge in [0.05, 0.1) is 6.54 Å². The van der Waals surface area contributed by atoms with Gasteiger partial charge < -0.3 is 10.0 Å². The van der Waals surface area contributed by atoms with E-state index < -0.39 is 0 Å². The van der Waals surface area contributed by atoms with Gasteiger partial charge in [0, 0.05) is 12.1 Å². The Morgan fingerprint density at radius 2 is 2.17 bits per heavy atom. The minimum absolute atomic E-state index is 0.211. The molecule has 1 aliphatic heterocycles. The fourth-order valence-electron chi connectivity index (χ4n) is 3.12. The number of likely N-dealkylation sites (tertiary alicyclic amines) is 1. The molecule has 1 saturated heterocycles. The topological polar surface area (TPSA) is 47.4 Å². The van der Waals surface area contributed by atoms with Gasteiger partial charge >= 0.3 is 0 Å². The summed E-state index contributed by atoms with van der Waals surface area (Å²) in [6.07, 6.45) is 3.57. The van der Waals surface area contributed by atoms with Crippen LogP contribution < -0.4 is 4.90 Å². The molecule has 2 aromatic rings. The summed E-state index contributed by atoms with van der Waals surface area (Å²) >= 11 is 5.62. The average molecular weight is 331 g/mol. The number of aliphatic hydroxyl groups is 1. The molecule has 122 valence electrons. The summed E-state index contributed by atoms with van der Waals surface area (Å²) in [5.41, 5.74) is 1.05. The molecular weight excluding hydrogens is 308 g/mol. The van der Waals surface area contributed by atoms with E-state index in [0.29, 0.717) is 18.0 Å². The maximum absolute atomic E-state index is 9.85. The van der Waals surface area contributed by atoms with Crippen molar-refractivity contribution in [3.8, 4) is 11.4 Å². The number of allylic oxidation sites excluding steroid dienone is 1. The van der Waals surface area contributed by atoms with Gasteiger partial charge in [0.15, 0.2) is 12.5 Å². The second-order valence-electron chi connectivity index (χ2n) is 6.03. The zero-order chi connectivity index (χ0) is 16.2. The highest BCUT2D eigenvalue weighted by Gasteiger charge is 2.22. The van der Waals surface area contributed by atoms with Crippen LogP contribution in [0, 0.1) is 4.77 Å². The Labute approximate surface area is 141 Å². The lowest BCUT2D eigenvalue weighted by molar-refractivity contribution is -0.931. The Kier molecular flexibility index (Phi) is 5.05. The number of aromatic nitrogens is 3. The van der Waals surface area contributed by atoms with E-state index in [-0.39, 0.29) is 6.10 Å². The summed E-state index contributed by atoms with van der Waals surface area (Å²) in [5.74, 6) is 0.868. The van der Waals surface area contributed by atoms with Crippen LogP contribution in [-0.2, 0) is 13.2 Å². The van der Waals surface area contributed by atoms with E-state index in [1.807, 2.05) is 45.7 Å². The maximum Gasteiger partial charge on any atom is 0.203 e. The summed E-state index contributed by atoms with van der Waals surface area (Å²) in [6, 6.07) is 10.1. The predicted molar refractivity (Wildman–Crippen MR) is 92.6 cm³/mol. The molecule has 0 bridgehead atoms. The molecule has 1 aromatic heterocycles. The van der Waals surface area contributed by atoms with Crippen LogP contribution in [0.25, 0.3) is 11.4 Å². The Balaban J connectivity index is 1.92. The molecule has 2 heterocycles. The lowest BCUT2D eigenvalue weighted by Gasteiger charge is -2.26. The summed E-state index contributed by atoms with van der Waals surface area (Å²) in [6.45, 7) is 6.97. The van der Waals surface area contributed by atoms with E-state index in [9.17, 15) is 5.11 Å². The molecule has 2 N–H and O–H groups in total. The van der Waals surface area contributed by atoms with E-state index in [4.69, 9.17) is 17.3 Å². The molecule has 0 amide bonds. The van der Waals surface area contributed by atoms with Gasteiger partial charge in [0.1, 0.15) is 12.6 Å². The molecule has 0 saturated carbocycles. The van der Waals surface area contributed by atoms with Gasteiger partial charge in [-0.15, -0.1) is 11.7 Å². The first kappa shape index (κ1) is 16.1. The van der Waals surface area contributed by atoms with Gasteiger partial charge in [-0.1, -0.05) is 36.4 Å². The predicted octanol–water partition coefficient (Wildman–Crippen LogP) is 1.26. The second-order valence-corrected chi connectivity index (χ2v) is 6.39. The molecule has 3 rings (SSSR count). The van der Waals surface area contributed by atoms with Crippen LogP contribution >= 0.6 is 12.2 Å². The van der Waals surface area contributed by atoms with E-state index in [1.54, 1.807) is 0 Å². The van der Waals surface area contributed by atoms with Crippen molar-refractivity contribution in [1.29, 1.82) is 0 Å². The van der Waals surface area contributed by atoms with Crippen molar-refractivity contribution in [1.82, 2.24) is 14.3 Å². The van der Waals surface area contributed by atoms with Crippen molar-refractivity contribution in [2.45, 2.75) is 32.2 Å². The molecular formula is C17H23N4OS+. The van der Waals surface area contributed by atoms with Crippen molar-refractivity contribution in [2.24, 2.45) is 0 Å². The zero-order valence-electron chi connectivity index (χ0n) is 13.2. The third-order valence-electron chi connectivity index (χ3n) is 4.23. The Hall–Kier alpha value is -1.76. The van der Waals surface area contributed by atoms with Gasteiger partial charge in [-0.25, -0.2) is 0 Å². The minimum Gasteiger partial charge on any atom is -0.387 e. The quantitative estimate of drug-likeness (QED) is 0.641. The van der Waals surface area contributed by atoms with Crippen LogP contribution in [0.15, 0.2) is 43.0 Å². The van der Waals surface area contributed by atoms with Gasteiger partial charge in [-0.3, -0.25) is 4.57 Å². The van der Waals surface area contributed by atoms with Crippen LogP contribution in [0.4, 0.5) is 0 Å². The van der Waals surface area contributed by atoms with Crippen molar-refractivity contribution in [3.05, 3.63) is 47.8 Å². The van der Waals surface area contributed by atoms with Crippen molar-refractivity contribution in [2.75, 3.05) is 13.1 Å². The Morgan fingerprint density at radius 3 is 2.87 bits per heavy atom. The maximum atomic E-state index is 9.85. The number of piperidine rings is 1. The number of nitrogens with one attached hydrogen (secondary N) is 1. The van der Waals surface area contributed by atoms with E-state index in [2.05, 4.69) is 6.58 Å². The number of nitrogens with zero attached hydrogens (tertiary/aromatic N) is 3. The standard InChI is InChI=1S/C17H22N4OS/c1-2-10-20-16(14-7-4-3-5-8-14)18-21(17(20)23)13-19-11-6-9-15(22)12-19/h2-5,7-8,15,22H,1,6,9-13H2/p+1/t15-/m0/s1. The number of rotatable bonds is 5. The van der Waals surface area contributed by atoms with E-state index in [1.165, 1.54) is 4.90 Å². The fourth-order valence-corrected chi connectivity index (χ4v) is 3.39. The number of hydrogen-bond donors (Lipinski definition) is 2. The first-order valence-corrected chi connectivity index (χ1v) is 8.45. The molecule has 1 fully saturated rings.